The van der Waals surface area contributed by atoms with Crippen LogP contribution in [0.5, 0.6) is 0 Å². The average Bonchev–Trinajstić information content (AvgIpc) is 3.67. The molecule has 0 unspecified atom stereocenters. The third-order valence-electron chi connectivity index (χ3n) is 7.59. The van der Waals surface area contributed by atoms with Gasteiger partial charge in [-0.05, 0) is 49.2 Å². The minimum atomic E-state index is -0.927. The summed E-state index contributed by atoms with van der Waals surface area (Å²) in [4.78, 5) is 30.8. The molecule has 0 radical (unpaired) electrons. The Morgan fingerprint density at radius 1 is 0.923 bits per heavy atom. The summed E-state index contributed by atoms with van der Waals surface area (Å²) in [6, 6.07) is 17.7. The molecule has 0 atom stereocenters. The van der Waals surface area contributed by atoms with E-state index < -0.39 is 5.97 Å². The van der Waals surface area contributed by atoms with E-state index in [1.807, 2.05) is 59.5 Å². The largest absolute Gasteiger partial charge is 0.477 e. The molecule has 2 aliphatic rings. The van der Waals surface area contributed by atoms with Crippen LogP contribution in [0.25, 0.3) is 32.6 Å². The molecule has 39 heavy (non-hydrogen) atoms. The normalized spacial score (nSPS) is 16.3. The van der Waals surface area contributed by atoms with E-state index in [2.05, 4.69) is 9.47 Å². The molecule has 9 heteroatoms. The van der Waals surface area contributed by atoms with Gasteiger partial charge in [0.2, 0.25) is 5.91 Å². The van der Waals surface area contributed by atoms with Gasteiger partial charge in [0.25, 0.3) is 0 Å². The number of benzene rings is 2. The number of likely N-dealkylation sites (tertiary alicyclic amines) is 1. The monoisotopic (exact) mass is 563 g/mol. The Hall–Kier alpha value is -3.17. The number of rotatable bonds is 7. The first-order valence-corrected chi connectivity index (χ1v) is 14.5. The number of nitrogens with zero attached hydrogens (tertiary/aromatic N) is 3. The highest BCUT2D eigenvalue weighted by atomic mass is 35.5. The topological polar surface area (TPSA) is 75.0 Å². The van der Waals surface area contributed by atoms with Crippen LogP contribution >= 0.6 is 22.9 Å². The third kappa shape index (κ3) is 5.10. The molecule has 7 nitrogen and oxygen atoms in total. The van der Waals surface area contributed by atoms with Gasteiger partial charge in [0.1, 0.15) is 11.4 Å². The summed E-state index contributed by atoms with van der Waals surface area (Å²) in [6.07, 6.45) is 2.22. The first kappa shape index (κ1) is 26.1. The molecule has 6 rings (SSSR count). The van der Waals surface area contributed by atoms with E-state index in [1.54, 1.807) is 0 Å². The Labute approximate surface area is 236 Å². The highest BCUT2D eigenvalue weighted by molar-refractivity contribution is 7.21. The second kappa shape index (κ2) is 11.1. The average molecular weight is 564 g/mol. The molecule has 2 aromatic heterocycles. The highest BCUT2D eigenvalue weighted by Gasteiger charge is 2.31. The molecule has 4 aromatic rings. The van der Waals surface area contributed by atoms with Gasteiger partial charge in [0.15, 0.2) is 0 Å². The number of halogens is 1. The number of aromatic carboxylic acids is 1. The van der Waals surface area contributed by atoms with E-state index in [0.29, 0.717) is 42.7 Å². The van der Waals surface area contributed by atoms with Crippen molar-refractivity contribution in [1.29, 1.82) is 0 Å². The zero-order chi connectivity index (χ0) is 26.9. The molecule has 4 heterocycles. The van der Waals surface area contributed by atoms with E-state index in [0.717, 1.165) is 64.1 Å². The third-order valence-corrected chi connectivity index (χ3v) is 9.07. The minimum Gasteiger partial charge on any atom is -0.477 e. The fraction of sp³-hybridized carbons (Fsp3) is 0.333. The number of carbonyl (C=O) groups is 2. The molecule has 2 aliphatic heterocycles. The Bertz CT molecular complexity index is 1500. The fourth-order valence-electron chi connectivity index (χ4n) is 5.74. The molecular formula is C30H30ClN3O4S. The molecule has 1 amide bonds. The van der Waals surface area contributed by atoms with Crippen molar-refractivity contribution in [2.24, 2.45) is 0 Å². The van der Waals surface area contributed by atoms with Gasteiger partial charge in [0.05, 0.1) is 29.1 Å². The molecule has 2 saturated heterocycles. The van der Waals surface area contributed by atoms with Gasteiger partial charge in [-0.25, -0.2) is 4.79 Å². The molecule has 1 N–H and O–H groups in total. The van der Waals surface area contributed by atoms with Gasteiger partial charge >= 0.3 is 5.97 Å². The first-order valence-electron chi connectivity index (χ1n) is 13.3. The standard InChI is InChI=1S/C30H30ClN3O4S/c31-22-10-8-21(9-11-22)26-25(20-6-2-1-3-7-20)29-27(34(26)19-24(35)33-14-16-38-17-15-33)23(28(39-29)30(36)37)18-32-12-4-5-13-32/h1-3,6-11H,4-5,12-19H2,(H,36,37). The first-order chi connectivity index (χ1) is 19.0. The lowest BCUT2D eigenvalue weighted by molar-refractivity contribution is -0.135. The van der Waals surface area contributed by atoms with Gasteiger partial charge in [0, 0.05) is 35.8 Å². The second-order valence-corrected chi connectivity index (χ2v) is 11.5. The number of carbonyl (C=O) groups excluding carboxylic acids is 1. The van der Waals surface area contributed by atoms with Crippen molar-refractivity contribution in [3.05, 3.63) is 70.1 Å². The number of aromatic nitrogens is 1. The Balaban J connectivity index is 1.63. The number of amides is 1. The number of hydrogen-bond donors (Lipinski definition) is 1. The lowest BCUT2D eigenvalue weighted by atomic mass is 10.0. The zero-order valence-electron chi connectivity index (χ0n) is 21.6. The van der Waals surface area contributed by atoms with Crippen LogP contribution in [0.4, 0.5) is 0 Å². The fourth-order valence-corrected chi connectivity index (χ4v) is 7.08. The summed E-state index contributed by atoms with van der Waals surface area (Å²) in [6.45, 7) is 4.70. The van der Waals surface area contributed by atoms with Crippen LogP contribution in [0.15, 0.2) is 54.6 Å². The van der Waals surface area contributed by atoms with Crippen LogP contribution in [-0.4, -0.2) is 70.7 Å². The summed E-state index contributed by atoms with van der Waals surface area (Å²) in [5, 5.41) is 10.9. The number of carboxylic acids is 1. The molecular weight excluding hydrogens is 534 g/mol. The molecule has 0 spiro atoms. The van der Waals surface area contributed by atoms with E-state index in [9.17, 15) is 14.7 Å². The van der Waals surface area contributed by atoms with Crippen molar-refractivity contribution in [3.63, 3.8) is 0 Å². The van der Waals surface area contributed by atoms with Crippen molar-refractivity contribution in [3.8, 4) is 22.4 Å². The summed E-state index contributed by atoms with van der Waals surface area (Å²) in [7, 11) is 0. The van der Waals surface area contributed by atoms with Gasteiger partial charge < -0.3 is 19.3 Å². The predicted octanol–water partition coefficient (Wildman–Crippen LogP) is 5.84. The van der Waals surface area contributed by atoms with E-state index in [4.69, 9.17) is 16.3 Å². The van der Waals surface area contributed by atoms with Gasteiger partial charge in [-0.1, -0.05) is 54.1 Å². The number of hydrogen-bond acceptors (Lipinski definition) is 5. The molecule has 2 fully saturated rings. The number of ether oxygens (including phenoxy) is 1. The molecule has 0 saturated carbocycles. The minimum absolute atomic E-state index is 0.000206. The van der Waals surface area contributed by atoms with E-state index in [-0.39, 0.29) is 12.5 Å². The van der Waals surface area contributed by atoms with Crippen LogP contribution in [0.1, 0.15) is 28.1 Å². The maximum Gasteiger partial charge on any atom is 0.346 e. The highest BCUT2D eigenvalue weighted by Crippen LogP contribution is 2.47. The Morgan fingerprint density at radius 2 is 1.62 bits per heavy atom. The molecule has 0 aliphatic carbocycles. The van der Waals surface area contributed by atoms with Crippen LogP contribution in [0.3, 0.4) is 0 Å². The molecule has 202 valence electrons. The number of thiophene rings is 1. The van der Waals surface area contributed by atoms with Gasteiger partial charge in [-0.2, -0.15) is 0 Å². The molecule has 2 aromatic carbocycles. The summed E-state index contributed by atoms with van der Waals surface area (Å²) in [5.74, 6) is -0.927. The quantitative estimate of drug-likeness (QED) is 0.306. The van der Waals surface area contributed by atoms with Crippen molar-refractivity contribution in [2.45, 2.75) is 25.9 Å². The maximum atomic E-state index is 13.7. The smallest absolute Gasteiger partial charge is 0.346 e. The Kier molecular flexibility index (Phi) is 7.44. The summed E-state index contributed by atoms with van der Waals surface area (Å²) < 4.78 is 8.44. The number of morpholine rings is 1. The summed E-state index contributed by atoms with van der Waals surface area (Å²) in [5.41, 5.74) is 5.39. The predicted molar refractivity (Wildman–Crippen MR) is 155 cm³/mol. The lowest BCUT2D eigenvalue weighted by Crippen LogP contribution is -2.42. The van der Waals surface area contributed by atoms with Crippen molar-refractivity contribution < 1.29 is 19.4 Å². The SMILES string of the molecule is O=C(O)c1sc2c(-c3ccccc3)c(-c3ccc(Cl)cc3)n(CC(=O)N3CCOCC3)c2c1CN1CCCC1. The van der Waals surface area contributed by atoms with Crippen LogP contribution < -0.4 is 0 Å². The second-order valence-electron chi connectivity index (χ2n) is 10.1. The van der Waals surface area contributed by atoms with Crippen molar-refractivity contribution >= 4 is 45.0 Å². The lowest BCUT2D eigenvalue weighted by Gasteiger charge is -2.27. The number of carboxylic acid groups (broad SMARTS) is 1. The maximum absolute atomic E-state index is 13.7. The molecule has 0 bridgehead atoms. The summed E-state index contributed by atoms with van der Waals surface area (Å²) >= 11 is 7.58. The Morgan fingerprint density at radius 3 is 2.28 bits per heavy atom. The zero-order valence-corrected chi connectivity index (χ0v) is 23.1. The van der Waals surface area contributed by atoms with Crippen LogP contribution in [0, 0.1) is 0 Å². The van der Waals surface area contributed by atoms with E-state index in [1.165, 1.54) is 11.3 Å². The van der Waals surface area contributed by atoms with Crippen molar-refractivity contribution in [1.82, 2.24) is 14.4 Å². The van der Waals surface area contributed by atoms with E-state index >= 15 is 0 Å². The van der Waals surface area contributed by atoms with Crippen LogP contribution in [-0.2, 0) is 22.6 Å². The van der Waals surface area contributed by atoms with Gasteiger partial charge in [-0.15, -0.1) is 11.3 Å². The number of fused-ring (bicyclic) bond motifs is 1. The van der Waals surface area contributed by atoms with Gasteiger partial charge in [-0.3, -0.25) is 9.69 Å². The van der Waals surface area contributed by atoms with Crippen molar-refractivity contribution in [2.75, 3.05) is 39.4 Å². The van der Waals surface area contributed by atoms with Crippen LogP contribution in [0.2, 0.25) is 5.02 Å².